The largest absolute Gasteiger partial charge is 0.496 e. The average molecular weight is 451 g/mol. The van der Waals surface area contributed by atoms with Crippen LogP contribution in [0.3, 0.4) is 0 Å². The minimum atomic E-state index is -0.499. The fraction of sp³-hybridized carbons (Fsp3) is 0.269. The summed E-state index contributed by atoms with van der Waals surface area (Å²) in [7, 11) is 4.59. The second-order valence-electron chi connectivity index (χ2n) is 7.48. The van der Waals surface area contributed by atoms with E-state index in [0.29, 0.717) is 34.7 Å². The van der Waals surface area contributed by atoms with Gasteiger partial charge in [-0.2, -0.15) is 0 Å². The Balaban J connectivity index is 1.81. The van der Waals surface area contributed by atoms with Crippen molar-refractivity contribution in [3.05, 3.63) is 71.7 Å². The van der Waals surface area contributed by atoms with Gasteiger partial charge in [0.1, 0.15) is 11.6 Å². The van der Waals surface area contributed by atoms with Crippen LogP contribution in [0, 0.1) is 5.82 Å². The average Bonchev–Trinajstić information content (AvgIpc) is 2.85. The molecule has 0 unspecified atom stereocenters. The van der Waals surface area contributed by atoms with Gasteiger partial charge in [-0.05, 0) is 47.9 Å². The molecule has 0 saturated heterocycles. The Hall–Kier alpha value is -3.74. The summed E-state index contributed by atoms with van der Waals surface area (Å²) in [6.07, 6.45) is 2.68. The lowest BCUT2D eigenvalue weighted by Gasteiger charge is -2.18. The highest BCUT2D eigenvalue weighted by Gasteiger charge is 2.17. The number of carbonyl (C=O) groups excluding carboxylic acids is 2. The topological polar surface area (TPSA) is 68.7 Å². The van der Waals surface area contributed by atoms with E-state index in [0.717, 1.165) is 5.56 Å². The molecule has 3 rings (SSSR count). The molecule has 0 fully saturated rings. The molecule has 0 N–H and O–H groups in total. The number of amides is 1. The van der Waals surface area contributed by atoms with Gasteiger partial charge in [-0.25, -0.2) is 9.37 Å². The number of ether oxygens (including phenoxy) is 2. The lowest BCUT2D eigenvalue weighted by Crippen LogP contribution is -2.25. The standard InChI is InChI=1S/C26H27FN2O4/c1-5-25(31)29(2)22-12-9-18(15-21(22)27)19-8-11-20(24(16-19)32-3)23(30)13-10-17-7-6-14-28-26(17)33-4/h6-9,11-12,14-16H,5,10,13H2,1-4H3. The molecule has 1 heterocycles. The van der Waals surface area contributed by atoms with Crippen LogP contribution in [-0.4, -0.2) is 37.9 Å². The molecule has 0 aliphatic rings. The zero-order valence-corrected chi connectivity index (χ0v) is 19.2. The van der Waals surface area contributed by atoms with E-state index < -0.39 is 5.82 Å². The van der Waals surface area contributed by atoms with Crippen LogP contribution < -0.4 is 14.4 Å². The summed E-state index contributed by atoms with van der Waals surface area (Å²) < 4.78 is 25.4. The monoisotopic (exact) mass is 450 g/mol. The first-order valence-electron chi connectivity index (χ1n) is 10.6. The molecule has 0 radical (unpaired) electrons. The van der Waals surface area contributed by atoms with Crippen molar-refractivity contribution >= 4 is 17.4 Å². The first kappa shape index (κ1) is 23.9. The minimum absolute atomic E-state index is 0.0782. The summed E-state index contributed by atoms with van der Waals surface area (Å²) in [6, 6.07) is 13.5. The number of hydrogen-bond donors (Lipinski definition) is 0. The predicted octanol–water partition coefficient (Wildman–Crippen LogP) is 5.09. The van der Waals surface area contributed by atoms with Crippen molar-refractivity contribution < 1.29 is 23.5 Å². The molecule has 33 heavy (non-hydrogen) atoms. The molecule has 0 spiro atoms. The van der Waals surface area contributed by atoms with Gasteiger partial charge in [0.05, 0.1) is 25.5 Å². The lowest BCUT2D eigenvalue weighted by molar-refractivity contribution is -0.118. The molecule has 0 atom stereocenters. The van der Waals surface area contributed by atoms with Crippen LogP contribution in [0.5, 0.6) is 11.6 Å². The Labute approximate surface area is 193 Å². The van der Waals surface area contributed by atoms with Gasteiger partial charge < -0.3 is 14.4 Å². The van der Waals surface area contributed by atoms with Gasteiger partial charge in [-0.1, -0.05) is 25.1 Å². The number of anilines is 1. The molecular formula is C26H27FN2O4. The summed E-state index contributed by atoms with van der Waals surface area (Å²) in [5.74, 6) is 0.171. The molecule has 0 aliphatic heterocycles. The first-order valence-corrected chi connectivity index (χ1v) is 10.6. The molecule has 1 aromatic heterocycles. The van der Waals surface area contributed by atoms with E-state index >= 15 is 0 Å². The quantitative estimate of drug-likeness (QED) is 0.425. The second kappa shape index (κ2) is 10.7. The Kier molecular flexibility index (Phi) is 7.77. The Bertz CT molecular complexity index is 1160. The number of Topliss-reactive ketones (excluding diaryl/α,β-unsaturated/α-hetero) is 1. The Morgan fingerprint density at radius 2 is 1.76 bits per heavy atom. The summed E-state index contributed by atoms with van der Waals surface area (Å²) >= 11 is 0. The number of ketones is 1. The first-order chi connectivity index (χ1) is 15.9. The van der Waals surface area contributed by atoms with E-state index in [9.17, 15) is 14.0 Å². The van der Waals surface area contributed by atoms with Gasteiger partial charge in [0.25, 0.3) is 0 Å². The summed E-state index contributed by atoms with van der Waals surface area (Å²) in [4.78, 5) is 30.2. The number of benzene rings is 2. The van der Waals surface area contributed by atoms with Crippen LogP contribution in [-0.2, 0) is 11.2 Å². The third-order valence-electron chi connectivity index (χ3n) is 5.49. The second-order valence-corrected chi connectivity index (χ2v) is 7.48. The molecule has 172 valence electrons. The van der Waals surface area contributed by atoms with Gasteiger partial charge in [0, 0.05) is 31.6 Å². The van der Waals surface area contributed by atoms with Gasteiger partial charge >= 0.3 is 0 Å². The number of pyridine rings is 1. The summed E-state index contributed by atoms with van der Waals surface area (Å²) in [5.41, 5.74) is 2.84. The van der Waals surface area contributed by atoms with Gasteiger partial charge in [-0.3, -0.25) is 9.59 Å². The number of aromatic nitrogens is 1. The Morgan fingerprint density at radius 1 is 1.03 bits per heavy atom. The van der Waals surface area contributed by atoms with Gasteiger partial charge in [-0.15, -0.1) is 0 Å². The van der Waals surface area contributed by atoms with Crippen molar-refractivity contribution in [3.63, 3.8) is 0 Å². The number of carbonyl (C=O) groups is 2. The van der Waals surface area contributed by atoms with Crippen molar-refractivity contribution in [2.24, 2.45) is 0 Å². The molecule has 7 heteroatoms. The van der Waals surface area contributed by atoms with Crippen molar-refractivity contribution in [1.82, 2.24) is 4.98 Å². The predicted molar refractivity (Wildman–Crippen MR) is 126 cm³/mol. The van der Waals surface area contributed by atoms with E-state index in [4.69, 9.17) is 9.47 Å². The molecule has 0 bridgehead atoms. The van der Waals surface area contributed by atoms with Gasteiger partial charge in [0.2, 0.25) is 11.8 Å². The van der Waals surface area contributed by atoms with Crippen molar-refractivity contribution in [2.45, 2.75) is 26.2 Å². The number of methoxy groups -OCH3 is 2. The molecule has 2 aromatic carbocycles. The highest BCUT2D eigenvalue weighted by atomic mass is 19.1. The van der Waals surface area contributed by atoms with Crippen LogP contribution in [0.2, 0.25) is 0 Å². The van der Waals surface area contributed by atoms with E-state index in [2.05, 4.69) is 4.98 Å². The van der Waals surface area contributed by atoms with E-state index in [1.165, 1.54) is 18.1 Å². The molecule has 3 aromatic rings. The van der Waals surface area contributed by atoms with E-state index in [1.54, 1.807) is 63.7 Å². The lowest BCUT2D eigenvalue weighted by atomic mass is 9.98. The van der Waals surface area contributed by atoms with Crippen LogP contribution in [0.1, 0.15) is 35.7 Å². The molecule has 1 amide bonds. The number of hydrogen-bond acceptors (Lipinski definition) is 5. The third-order valence-corrected chi connectivity index (χ3v) is 5.49. The van der Waals surface area contributed by atoms with Crippen molar-refractivity contribution in [1.29, 1.82) is 0 Å². The van der Waals surface area contributed by atoms with E-state index in [-0.39, 0.29) is 30.2 Å². The summed E-state index contributed by atoms with van der Waals surface area (Å²) in [6.45, 7) is 1.73. The Morgan fingerprint density at radius 3 is 2.42 bits per heavy atom. The normalized spacial score (nSPS) is 10.6. The molecule has 6 nitrogen and oxygen atoms in total. The molecule has 0 saturated carbocycles. The minimum Gasteiger partial charge on any atom is -0.496 e. The molecule has 0 aliphatic carbocycles. The van der Waals surface area contributed by atoms with Crippen molar-refractivity contribution in [2.75, 3.05) is 26.2 Å². The number of rotatable bonds is 9. The maximum atomic E-state index is 14.7. The smallest absolute Gasteiger partial charge is 0.226 e. The SMILES string of the molecule is CCC(=O)N(C)c1ccc(-c2ccc(C(=O)CCc3cccnc3OC)c(OC)c2)cc1F. The summed E-state index contributed by atoms with van der Waals surface area (Å²) in [5, 5.41) is 0. The highest BCUT2D eigenvalue weighted by molar-refractivity contribution is 5.99. The zero-order valence-electron chi connectivity index (χ0n) is 19.2. The number of aryl methyl sites for hydroxylation is 1. The third kappa shape index (κ3) is 5.37. The number of nitrogens with zero attached hydrogens (tertiary/aromatic N) is 2. The fourth-order valence-electron chi connectivity index (χ4n) is 3.61. The zero-order chi connectivity index (χ0) is 24.0. The van der Waals surface area contributed by atoms with Gasteiger partial charge in [0.15, 0.2) is 5.78 Å². The molecular weight excluding hydrogens is 423 g/mol. The maximum Gasteiger partial charge on any atom is 0.226 e. The van der Waals surface area contributed by atoms with Crippen LogP contribution in [0.25, 0.3) is 11.1 Å². The van der Waals surface area contributed by atoms with Crippen LogP contribution >= 0.6 is 0 Å². The van der Waals surface area contributed by atoms with Crippen LogP contribution in [0.4, 0.5) is 10.1 Å². The fourth-order valence-corrected chi connectivity index (χ4v) is 3.61. The number of halogens is 1. The van der Waals surface area contributed by atoms with Crippen LogP contribution in [0.15, 0.2) is 54.7 Å². The maximum absolute atomic E-state index is 14.7. The van der Waals surface area contributed by atoms with Crippen molar-refractivity contribution in [3.8, 4) is 22.8 Å². The van der Waals surface area contributed by atoms with E-state index in [1.807, 2.05) is 6.07 Å². The highest BCUT2D eigenvalue weighted by Crippen LogP contribution is 2.31.